The minimum absolute atomic E-state index is 0.0586. The number of hydrogen-bond donors (Lipinski definition) is 2. The minimum Gasteiger partial charge on any atom is -0.379 e. The molecule has 9 heteroatoms. The summed E-state index contributed by atoms with van der Waals surface area (Å²) in [5.74, 6) is 0.239. The smallest absolute Gasteiger partial charge is 0.234 e. The van der Waals surface area contributed by atoms with E-state index in [1.165, 1.54) is 28.7 Å². The maximum Gasteiger partial charge on any atom is 0.234 e. The molecular weight excluding hydrogens is 382 g/mol. The van der Waals surface area contributed by atoms with E-state index in [0.29, 0.717) is 12.3 Å². The van der Waals surface area contributed by atoms with E-state index >= 15 is 0 Å². The third-order valence-electron chi connectivity index (χ3n) is 3.88. The van der Waals surface area contributed by atoms with Crippen LogP contribution in [0.25, 0.3) is 0 Å². The highest BCUT2D eigenvalue weighted by Gasteiger charge is 2.11. The summed E-state index contributed by atoms with van der Waals surface area (Å²) >= 11 is 2.80. The molecule has 144 valence electrons. The van der Waals surface area contributed by atoms with Gasteiger partial charge in [-0.05, 0) is 17.7 Å². The van der Waals surface area contributed by atoms with Gasteiger partial charge in [-0.15, -0.1) is 16.8 Å². The summed E-state index contributed by atoms with van der Waals surface area (Å²) in [7, 11) is 0. The van der Waals surface area contributed by atoms with Crippen LogP contribution in [0.1, 0.15) is 5.56 Å². The van der Waals surface area contributed by atoms with Gasteiger partial charge in [0, 0.05) is 31.9 Å². The number of morpholine rings is 1. The third kappa shape index (κ3) is 6.62. The van der Waals surface area contributed by atoms with E-state index in [-0.39, 0.29) is 5.91 Å². The SMILES string of the molecule is C=CCNc1nnc(SCC(=O)Nc2ccc(CN3CCOCC3)cc2)s1. The first-order valence-electron chi connectivity index (χ1n) is 8.73. The molecule has 1 amide bonds. The number of carbonyl (C=O) groups excluding carboxylic acids is 1. The van der Waals surface area contributed by atoms with E-state index in [0.717, 1.165) is 48.0 Å². The van der Waals surface area contributed by atoms with Crippen LogP contribution >= 0.6 is 23.1 Å². The Balaban J connectivity index is 1.42. The molecule has 1 aliphatic heterocycles. The molecule has 0 atom stereocenters. The Morgan fingerprint density at radius 2 is 2.07 bits per heavy atom. The van der Waals surface area contributed by atoms with Crippen LogP contribution in [-0.2, 0) is 16.1 Å². The van der Waals surface area contributed by atoms with Crippen molar-refractivity contribution in [2.24, 2.45) is 0 Å². The molecule has 27 heavy (non-hydrogen) atoms. The van der Waals surface area contributed by atoms with Crippen LogP contribution < -0.4 is 10.6 Å². The molecule has 1 aliphatic rings. The number of rotatable bonds is 9. The van der Waals surface area contributed by atoms with Crippen molar-refractivity contribution in [1.29, 1.82) is 0 Å². The largest absolute Gasteiger partial charge is 0.379 e. The van der Waals surface area contributed by atoms with Gasteiger partial charge in [-0.25, -0.2) is 0 Å². The van der Waals surface area contributed by atoms with Gasteiger partial charge in [-0.2, -0.15) is 0 Å². The van der Waals surface area contributed by atoms with Gasteiger partial charge in [-0.3, -0.25) is 9.69 Å². The first-order valence-corrected chi connectivity index (χ1v) is 10.5. The highest BCUT2D eigenvalue weighted by atomic mass is 32.2. The van der Waals surface area contributed by atoms with Crippen molar-refractivity contribution in [1.82, 2.24) is 15.1 Å². The van der Waals surface area contributed by atoms with Crippen LogP contribution in [0.2, 0.25) is 0 Å². The molecule has 2 aromatic rings. The third-order valence-corrected chi connectivity index (χ3v) is 5.89. The highest BCUT2D eigenvalue weighted by Crippen LogP contribution is 2.25. The predicted molar refractivity (Wildman–Crippen MR) is 110 cm³/mol. The van der Waals surface area contributed by atoms with Crippen molar-refractivity contribution < 1.29 is 9.53 Å². The number of anilines is 2. The van der Waals surface area contributed by atoms with Crippen molar-refractivity contribution in [3.63, 3.8) is 0 Å². The van der Waals surface area contributed by atoms with Gasteiger partial charge in [0.25, 0.3) is 0 Å². The van der Waals surface area contributed by atoms with E-state index in [2.05, 4.69) is 44.4 Å². The van der Waals surface area contributed by atoms with Crippen LogP contribution in [0.3, 0.4) is 0 Å². The van der Waals surface area contributed by atoms with Crippen molar-refractivity contribution in [2.45, 2.75) is 10.9 Å². The maximum atomic E-state index is 12.1. The second-order valence-electron chi connectivity index (χ2n) is 5.96. The standard InChI is InChI=1S/C18H23N5O2S2/c1-2-7-19-17-21-22-18(27-17)26-13-16(24)20-15-5-3-14(4-6-15)12-23-8-10-25-11-9-23/h2-6H,1,7-13H2,(H,19,21)(H,20,24). The van der Waals surface area contributed by atoms with Gasteiger partial charge >= 0.3 is 0 Å². The fourth-order valence-corrected chi connectivity index (χ4v) is 4.09. The zero-order chi connectivity index (χ0) is 18.9. The second kappa shape index (κ2) is 10.4. The van der Waals surface area contributed by atoms with Crippen LogP contribution in [0, 0.1) is 0 Å². The number of ether oxygens (including phenoxy) is 1. The fourth-order valence-electron chi connectivity index (χ4n) is 2.53. The topological polar surface area (TPSA) is 79.4 Å². The van der Waals surface area contributed by atoms with Crippen LogP contribution in [0.15, 0.2) is 41.3 Å². The van der Waals surface area contributed by atoms with Gasteiger partial charge in [0.15, 0.2) is 4.34 Å². The molecule has 0 bridgehead atoms. The average Bonchev–Trinajstić information content (AvgIpc) is 3.15. The average molecular weight is 406 g/mol. The zero-order valence-electron chi connectivity index (χ0n) is 15.0. The van der Waals surface area contributed by atoms with Gasteiger partial charge in [0.2, 0.25) is 11.0 Å². The number of nitrogens with zero attached hydrogens (tertiary/aromatic N) is 3. The number of nitrogens with one attached hydrogen (secondary N) is 2. The molecule has 1 saturated heterocycles. The number of hydrogen-bond acceptors (Lipinski definition) is 8. The van der Waals surface area contributed by atoms with Gasteiger partial charge in [0.05, 0.1) is 19.0 Å². The molecule has 0 radical (unpaired) electrons. The summed E-state index contributed by atoms with van der Waals surface area (Å²) in [6.45, 7) is 8.72. The molecule has 0 unspecified atom stereocenters. The molecule has 1 aromatic heterocycles. The fraction of sp³-hybridized carbons (Fsp3) is 0.389. The first kappa shape index (κ1) is 19.8. The lowest BCUT2D eigenvalue weighted by Gasteiger charge is -2.26. The van der Waals surface area contributed by atoms with Gasteiger partial charge < -0.3 is 15.4 Å². The molecule has 7 nitrogen and oxygen atoms in total. The summed E-state index contributed by atoms with van der Waals surface area (Å²) in [5, 5.41) is 14.8. The van der Waals surface area contributed by atoms with E-state index in [1.807, 2.05) is 12.1 Å². The first-order chi connectivity index (χ1) is 13.2. The number of amides is 1. The van der Waals surface area contributed by atoms with Crippen molar-refractivity contribution in [2.75, 3.05) is 49.2 Å². The summed E-state index contributed by atoms with van der Waals surface area (Å²) in [4.78, 5) is 14.5. The molecule has 0 saturated carbocycles. The molecule has 2 N–H and O–H groups in total. The van der Waals surface area contributed by atoms with Gasteiger partial charge in [-0.1, -0.05) is 41.3 Å². The molecule has 1 fully saturated rings. The van der Waals surface area contributed by atoms with Crippen LogP contribution in [0.4, 0.5) is 10.8 Å². The molecule has 0 spiro atoms. The number of aromatic nitrogens is 2. The lowest BCUT2D eigenvalue weighted by Crippen LogP contribution is -2.35. The molecule has 2 heterocycles. The van der Waals surface area contributed by atoms with Crippen molar-refractivity contribution in [3.8, 4) is 0 Å². The minimum atomic E-state index is -0.0586. The van der Waals surface area contributed by atoms with E-state index < -0.39 is 0 Å². The Hall–Kier alpha value is -1.94. The number of carbonyl (C=O) groups is 1. The molecule has 3 rings (SSSR count). The maximum absolute atomic E-state index is 12.1. The molecule has 1 aromatic carbocycles. The summed E-state index contributed by atoms with van der Waals surface area (Å²) < 4.78 is 6.13. The Labute approximate surface area is 167 Å². The molecule has 0 aliphatic carbocycles. The number of thioether (sulfide) groups is 1. The zero-order valence-corrected chi connectivity index (χ0v) is 16.7. The summed E-state index contributed by atoms with van der Waals surface area (Å²) in [6.07, 6.45) is 1.76. The van der Waals surface area contributed by atoms with Crippen LogP contribution in [0.5, 0.6) is 0 Å². The second-order valence-corrected chi connectivity index (χ2v) is 8.16. The number of benzene rings is 1. The Morgan fingerprint density at radius 1 is 1.30 bits per heavy atom. The monoisotopic (exact) mass is 405 g/mol. The summed E-state index contributed by atoms with van der Waals surface area (Å²) in [5.41, 5.74) is 2.04. The predicted octanol–water partition coefficient (Wildman–Crippen LogP) is 2.70. The quantitative estimate of drug-likeness (QED) is 0.490. The Kier molecular flexibility index (Phi) is 7.64. The normalized spacial score (nSPS) is 14.7. The van der Waals surface area contributed by atoms with Crippen molar-refractivity contribution in [3.05, 3.63) is 42.5 Å². The van der Waals surface area contributed by atoms with E-state index in [1.54, 1.807) is 6.08 Å². The van der Waals surface area contributed by atoms with E-state index in [9.17, 15) is 4.79 Å². The Morgan fingerprint density at radius 3 is 2.81 bits per heavy atom. The lowest BCUT2D eigenvalue weighted by atomic mass is 10.2. The van der Waals surface area contributed by atoms with E-state index in [4.69, 9.17) is 4.74 Å². The molecular formula is C18H23N5O2S2. The highest BCUT2D eigenvalue weighted by molar-refractivity contribution is 8.01. The van der Waals surface area contributed by atoms with Gasteiger partial charge in [0.1, 0.15) is 0 Å². The van der Waals surface area contributed by atoms with Crippen LogP contribution in [-0.4, -0.2) is 59.6 Å². The lowest BCUT2D eigenvalue weighted by molar-refractivity contribution is -0.113. The Bertz CT molecular complexity index is 744. The summed E-state index contributed by atoms with van der Waals surface area (Å²) in [6, 6.07) is 8.00. The van der Waals surface area contributed by atoms with Crippen molar-refractivity contribution >= 4 is 39.8 Å².